The first kappa shape index (κ1) is 8.83. The first-order valence-electron chi connectivity index (χ1n) is 0.830. The molecule has 0 amide bonds. The minimum atomic E-state index is 1.25. The number of thiol groups is 1. The second-order valence-corrected chi connectivity index (χ2v) is 0.0816. The summed E-state index contributed by atoms with van der Waals surface area (Å²) in [6.45, 7) is 0. The molecule has 0 unspecified atom stereocenters. The molecule has 32 valence electrons. The average molecular weight is 95.1 g/mol. The number of hydrogen-bond donors (Lipinski definition) is 2. The maximum Gasteiger partial charge on any atom is 0.152 e. The SMILES string of the molecule is CS.O=NO. The van der Waals surface area contributed by atoms with Gasteiger partial charge in [0.25, 0.3) is 0 Å². The molecule has 0 radical (unpaired) electrons. The van der Waals surface area contributed by atoms with E-state index in [-0.39, 0.29) is 0 Å². The van der Waals surface area contributed by atoms with Gasteiger partial charge in [-0.2, -0.15) is 12.6 Å². The second-order valence-electron chi connectivity index (χ2n) is 0.0816. The zero-order chi connectivity index (χ0) is 4.71. The van der Waals surface area contributed by atoms with Crippen molar-refractivity contribution in [2.75, 3.05) is 6.26 Å². The van der Waals surface area contributed by atoms with Crippen LogP contribution >= 0.6 is 12.6 Å². The summed E-state index contributed by atoms with van der Waals surface area (Å²) in [5.74, 6) is 0. The Kier molecular flexibility index (Phi) is 89.1. The normalized spacial score (nSPS) is 3.60. The molecular formula is CH5NO2S. The van der Waals surface area contributed by atoms with Crippen molar-refractivity contribution in [3.8, 4) is 0 Å². The van der Waals surface area contributed by atoms with Crippen molar-refractivity contribution < 1.29 is 5.21 Å². The molecule has 0 aliphatic carbocycles. The fraction of sp³-hybridized carbons (Fsp3) is 1.00. The lowest BCUT2D eigenvalue weighted by Crippen LogP contribution is -1.25. The summed E-state index contributed by atoms with van der Waals surface area (Å²) in [5.41, 5.74) is 0. The van der Waals surface area contributed by atoms with Crippen molar-refractivity contribution in [1.82, 2.24) is 0 Å². The van der Waals surface area contributed by atoms with Gasteiger partial charge in [0.1, 0.15) is 0 Å². The van der Waals surface area contributed by atoms with Crippen LogP contribution in [-0.2, 0) is 0 Å². The van der Waals surface area contributed by atoms with Gasteiger partial charge < -0.3 is 5.21 Å². The van der Waals surface area contributed by atoms with Crippen molar-refractivity contribution in [2.45, 2.75) is 0 Å². The van der Waals surface area contributed by atoms with Gasteiger partial charge in [-0.1, -0.05) is 0 Å². The Bertz CT molecular complexity index is 17.1. The molecule has 0 saturated carbocycles. The van der Waals surface area contributed by atoms with Gasteiger partial charge in [0.15, 0.2) is 5.34 Å². The molecule has 1 N–H and O–H groups in total. The van der Waals surface area contributed by atoms with Crippen molar-refractivity contribution in [3.63, 3.8) is 0 Å². The molecule has 0 aromatic carbocycles. The van der Waals surface area contributed by atoms with Gasteiger partial charge in [-0.15, -0.1) is 4.91 Å². The average Bonchev–Trinajstić information content (AvgIpc) is 1.46. The number of hydrogen-bond acceptors (Lipinski definition) is 3. The summed E-state index contributed by atoms with van der Waals surface area (Å²) >= 11 is 3.53. The third-order valence-electron chi connectivity index (χ3n) is 0. The molecule has 0 aromatic rings. The highest BCUT2D eigenvalue weighted by Crippen LogP contribution is 1.31. The highest BCUT2D eigenvalue weighted by Gasteiger charge is 1.18. The van der Waals surface area contributed by atoms with Crippen LogP contribution in [0.1, 0.15) is 0 Å². The van der Waals surface area contributed by atoms with E-state index in [1.54, 1.807) is 6.26 Å². The second kappa shape index (κ2) is 50.4. The van der Waals surface area contributed by atoms with Crippen molar-refractivity contribution >= 4 is 12.6 Å². The summed E-state index contributed by atoms with van der Waals surface area (Å²) in [6.07, 6.45) is 1.69. The Morgan fingerprint density at radius 1 is 1.80 bits per heavy atom. The van der Waals surface area contributed by atoms with E-state index in [2.05, 4.69) is 12.6 Å². The lowest BCUT2D eigenvalue weighted by atomic mass is 12.0. The lowest BCUT2D eigenvalue weighted by Gasteiger charge is -1.32. The summed E-state index contributed by atoms with van der Waals surface area (Å²) in [7, 11) is 0. The lowest BCUT2D eigenvalue weighted by molar-refractivity contribution is 0.312. The van der Waals surface area contributed by atoms with Crippen LogP contribution in [0.5, 0.6) is 0 Å². The molecule has 0 aliphatic heterocycles. The molecule has 5 heavy (non-hydrogen) atoms. The Morgan fingerprint density at radius 2 is 1.80 bits per heavy atom. The summed E-state index contributed by atoms with van der Waals surface area (Å²) in [6, 6.07) is 0. The Balaban J connectivity index is 0. The van der Waals surface area contributed by atoms with Crippen LogP contribution in [0.4, 0.5) is 0 Å². The topological polar surface area (TPSA) is 49.7 Å². The van der Waals surface area contributed by atoms with Crippen molar-refractivity contribution in [1.29, 1.82) is 0 Å². The van der Waals surface area contributed by atoms with Gasteiger partial charge >= 0.3 is 0 Å². The van der Waals surface area contributed by atoms with Crippen LogP contribution in [0.25, 0.3) is 0 Å². The smallest absolute Gasteiger partial charge is 0.152 e. The van der Waals surface area contributed by atoms with E-state index in [9.17, 15) is 0 Å². The molecule has 0 fully saturated rings. The van der Waals surface area contributed by atoms with E-state index >= 15 is 0 Å². The molecule has 0 atom stereocenters. The monoisotopic (exact) mass is 95.0 g/mol. The fourth-order valence-electron chi connectivity index (χ4n) is 0. The fourth-order valence-corrected chi connectivity index (χ4v) is 0. The van der Waals surface area contributed by atoms with E-state index in [0.717, 1.165) is 0 Å². The number of rotatable bonds is 0. The van der Waals surface area contributed by atoms with Gasteiger partial charge in [-0.05, 0) is 6.26 Å². The van der Waals surface area contributed by atoms with Crippen LogP contribution in [0.15, 0.2) is 5.34 Å². The Hall–Kier alpha value is -0.250. The molecule has 4 heteroatoms. The quantitative estimate of drug-likeness (QED) is 0.264. The standard InChI is InChI=1S/CH4S.HNO2/c1-2;2-1-3/h2H,1H3;(H,2,3). The molecule has 0 heterocycles. The zero-order valence-electron chi connectivity index (χ0n) is 2.75. The molecule has 0 spiro atoms. The van der Waals surface area contributed by atoms with Crippen LogP contribution in [0, 0.1) is 4.91 Å². The van der Waals surface area contributed by atoms with E-state index in [4.69, 9.17) is 10.1 Å². The van der Waals surface area contributed by atoms with Gasteiger partial charge in [-0.3, -0.25) is 0 Å². The van der Waals surface area contributed by atoms with Gasteiger partial charge in [0.2, 0.25) is 0 Å². The molecule has 3 nitrogen and oxygen atoms in total. The van der Waals surface area contributed by atoms with Crippen LogP contribution in [0.2, 0.25) is 0 Å². The maximum absolute atomic E-state index is 8.11. The largest absolute Gasteiger partial charge is 0.379 e. The van der Waals surface area contributed by atoms with Crippen molar-refractivity contribution in [3.05, 3.63) is 4.91 Å². The summed E-state index contributed by atoms with van der Waals surface area (Å²) in [5, 5.41) is 7.89. The van der Waals surface area contributed by atoms with Gasteiger partial charge in [0, 0.05) is 0 Å². The molecule has 0 saturated heterocycles. The highest BCUT2D eigenvalue weighted by atomic mass is 32.1. The first-order valence-corrected chi connectivity index (χ1v) is 1.72. The maximum atomic E-state index is 8.11. The minimum absolute atomic E-state index is 1.25. The zero-order valence-corrected chi connectivity index (χ0v) is 3.64. The van der Waals surface area contributed by atoms with Crippen LogP contribution < -0.4 is 0 Å². The molecule has 0 aliphatic rings. The van der Waals surface area contributed by atoms with E-state index in [0.29, 0.717) is 0 Å². The summed E-state index contributed by atoms with van der Waals surface area (Å²) in [4.78, 5) is 8.11. The predicted molar refractivity (Wildman–Crippen MR) is 22.5 cm³/mol. The molecule has 0 rings (SSSR count). The first-order chi connectivity index (χ1) is 2.41. The van der Waals surface area contributed by atoms with Gasteiger partial charge in [-0.25, -0.2) is 0 Å². The minimum Gasteiger partial charge on any atom is -0.379 e. The Labute approximate surface area is 35.3 Å². The van der Waals surface area contributed by atoms with E-state index < -0.39 is 0 Å². The molecule has 0 aromatic heterocycles. The van der Waals surface area contributed by atoms with Gasteiger partial charge in [0.05, 0.1) is 0 Å². The Morgan fingerprint density at radius 3 is 1.80 bits per heavy atom. The predicted octanol–water partition coefficient (Wildman–Crippen LogP) is 0.688. The van der Waals surface area contributed by atoms with E-state index in [1.807, 2.05) is 0 Å². The number of nitrogens with zero attached hydrogens (tertiary/aromatic N) is 1. The third-order valence-corrected chi connectivity index (χ3v) is 0. The van der Waals surface area contributed by atoms with Crippen LogP contribution in [0.3, 0.4) is 0 Å². The third kappa shape index (κ3) is 184. The van der Waals surface area contributed by atoms with Crippen LogP contribution in [-0.4, -0.2) is 11.5 Å². The van der Waals surface area contributed by atoms with E-state index in [1.165, 1.54) is 5.34 Å². The molecule has 0 bridgehead atoms. The van der Waals surface area contributed by atoms with Crippen molar-refractivity contribution in [2.24, 2.45) is 5.34 Å². The highest BCUT2D eigenvalue weighted by molar-refractivity contribution is 7.79. The summed E-state index contributed by atoms with van der Waals surface area (Å²) < 4.78 is 0. The molecular weight excluding hydrogens is 90.1 g/mol.